The normalized spacial score (nSPS) is 11.2. The summed E-state index contributed by atoms with van der Waals surface area (Å²) in [5.74, 6) is -1.54. The van der Waals surface area contributed by atoms with Gasteiger partial charge in [0.2, 0.25) is 0 Å². The van der Waals surface area contributed by atoms with Gasteiger partial charge < -0.3 is 4.74 Å². The summed E-state index contributed by atoms with van der Waals surface area (Å²) in [5.41, 5.74) is 5.97. The minimum atomic E-state index is -0.768. The molecule has 2 aromatic heterocycles. The summed E-state index contributed by atoms with van der Waals surface area (Å²) in [6.45, 7) is 0. The van der Waals surface area contributed by atoms with E-state index in [1.807, 2.05) is 0 Å². The lowest BCUT2D eigenvalue weighted by Crippen LogP contribution is -2.13. The third kappa shape index (κ3) is 5.16. The van der Waals surface area contributed by atoms with Gasteiger partial charge >= 0.3 is 11.9 Å². The first kappa shape index (κ1) is 24.3. The van der Waals surface area contributed by atoms with Gasteiger partial charge in [-0.15, -0.1) is 0 Å². The predicted molar refractivity (Wildman–Crippen MR) is 139 cm³/mol. The number of carbonyl (C=O) groups is 2. The third-order valence-electron chi connectivity index (χ3n) is 4.80. The van der Waals surface area contributed by atoms with E-state index >= 15 is 0 Å². The summed E-state index contributed by atoms with van der Waals surface area (Å²) >= 11 is 13.6. The van der Waals surface area contributed by atoms with E-state index in [4.69, 9.17) is 4.74 Å². The molecule has 0 bridgehead atoms. The maximum absolute atomic E-state index is 12.6. The van der Waals surface area contributed by atoms with Crippen molar-refractivity contribution in [2.75, 3.05) is 0 Å². The average molecular weight is 702 g/mol. The largest absolute Gasteiger partial charge is 0.386 e. The number of rotatable bonds is 6. The van der Waals surface area contributed by atoms with E-state index in [1.165, 1.54) is 0 Å². The molecule has 0 N–H and O–H groups in total. The number of esters is 2. The molecule has 2 aromatic carbocycles. The van der Waals surface area contributed by atoms with Crippen LogP contribution in [0.25, 0.3) is 22.1 Å². The smallest absolute Gasteiger partial charge is 0.346 e. The van der Waals surface area contributed by atoms with Gasteiger partial charge in [-0.05, 0) is 36.4 Å². The van der Waals surface area contributed by atoms with Crippen LogP contribution in [0.2, 0.25) is 0 Å². The summed E-state index contributed by atoms with van der Waals surface area (Å²) in [7, 11) is 0. The molecule has 0 atom stereocenters. The quantitative estimate of drug-likeness (QED) is 0.135. The van der Waals surface area contributed by atoms with Gasteiger partial charge in [-0.3, -0.25) is 0 Å². The van der Waals surface area contributed by atoms with E-state index < -0.39 is 11.9 Å². The first-order chi connectivity index (χ1) is 16.0. The Morgan fingerprint density at radius 2 is 0.909 bits per heavy atom. The Kier molecular flexibility index (Phi) is 7.83. The van der Waals surface area contributed by atoms with Crippen molar-refractivity contribution < 1.29 is 14.3 Å². The molecule has 0 spiro atoms. The molecule has 4 rings (SSSR count). The van der Waals surface area contributed by atoms with Crippen molar-refractivity contribution in [1.82, 2.24) is 19.9 Å². The molecule has 0 aliphatic heterocycles. The lowest BCUT2D eigenvalue weighted by atomic mass is 10.1. The van der Waals surface area contributed by atoms with Gasteiger partial charge in [-0.25, -0.2) is 29.5 Å². The molecule has 0 radical (unpaired) electrons. The van der Waals surface area contributed by atoms with Crippen molar-refractivity contribution in [3.05, 3.63) is 70.3 Å². The Hall–Kier alpha value is -1.82. The molecule has 4 aromatic rings. The SMILES string of the molecule is O=C(OC(=O)c1ccc2nc(CBr)c(CBr)nc2c1)c1ccc2nc(CBr)c(CBr)nc2c1. The fourth-order valence-electron chi connectivity index (χ4n) is 3.14. The first-order valence-electron chi connectivity index (χ1n) is 9.56. The van der Waals surface area contributed by atoms with Gasteiger partial charge in [0.25, 0.3) is 0 Å². The number of aromatic nitrogens is 4. The van der Waals surface area contributed by atoms with Gasteiger partial charge in [0.1, 0.15) is 0 Å². The molecular formula is C22H14Br4N4O3. The minimum Gasteiger partial charge on any atom is -0.386 e. The zero-order valence-electron chi connectivity index (χ0n) is 16.8. The lowest BCUT2D eigenvalue weighted by Gasteiger charge is -2.08. The highest BCUT2D eigenvalue weighted by Crippen LogP contribution is 2.21. The number of hydrogen-bond donors (Lipinski definition) is 0. The zero-order chi connectivity index (χ0) is 23.5. The molecular weight excluding hydrogens is 688 g/mol. The monoisotopic (exact) mass is 698 g/mol. The summed E-state index contributed by atoms with van der Waals surface area (Å²) in [6.07, 6.45) is 0. The molecule has 0 saturated carbocycles. The molecule has 0 aliphatic rings. The number of benzene rings is 2. The maximum atomic E-state index is 12.6. The number of carbonyl (C=O) groups excluding carboxylic acids is 2. The fourth-order valence-corrected chi connectivity index (χ4v) is 4.93. The maximum Gasteiger partial charge on any atom is 0.346 e. The lowest BCUT2D eigenvalue weighted by molar-refractivity contribution is 0.0398. The van der Waals surface area contributed by atoms with Crippen LogP contribution in [0.1, 0.15) is 43.5 Å². The highest BCUT2D eigenvalue weighted by molar-refractivity contribution is 9.09. The fraction of sp³-hybridized carbons (Fsp3) is 0.182. The number of fused-ring (bicyclic) bond motifs is 2. The van der Waals surface area contributed by atoms with Crippen molar-refractivity contribution in [2.45, 2.75) is 21.3 Å². The molecule has 0 amide bonds. The Labute approximate surface area is 222 Å². The molecule has 2 heterocycles. The van der Waals surface area contributed by atoms with Crippen LogP contribution in [0.4, 0.5) is 0 Å². The van der Waals surface area contributed by atoms with Crippen molar-refractivity contribution in [2.24, 2.45) is 0 Å². The summed E-state index contributed by atoms with van der Waals surface area (Å²) in [6, 6.07) is 9.63. The molecule has 0 fully saturated rings. The highest BCUT2D eigenvalue weighted by Gasteiger charge is 2.18. The van der Waals surface area contributed by atoms with Crippen LogP contribution in [0.3, 0.4) is 0 Å². The molecule has 168 valence electrons. The molecule has 7 nitrogen and oxygen atoms in total. The number of halogens is 4. The Morgan fingerprint density at radius 1 is 0.576 bits per heavy atom. The summed E-state index contributed by atoms with van der Waals surface area (Å²) in [4.78, 5) is 43.5. The van der Waals surface area contributed by atoms with Crippen molar-refractivity contribution in [3.63, 3.8) is 0 Å². The Balaban J connectivity index is 1.59. The molecule has 0 saturated heterocycles. The Bertz CT molecular complexity index is 1290. The molecule has 0 aliphatic carbocycles. The molecule has 0 unspecified atom stereocenters. The summed E-state index contributed by atoms with van der Waals surface area (Å²) < 4.78 is 5.12. The number of nitrogens with zero attached hydrogens (tertiary/aromatic N) is 4. The van der Waals surface area contributed by atoms with E-state index in [-0.39, 0.29) is 11.1 Å². The number of alkyl halides is 4. The standard InChI is InChI=1S/C22H14Br4N4O3/c23-7-17-19(9-25)29-15-5-11(1-3-13(15)27-17)21(31)33-22(32)12-2-4-14-16(6-12)30-20(10-26)18(8-24)28-14/h1-6H,7-10H2. The second-order valence-electron chi connectivity index (χ2n) is 6.85. The van der Waals surface area contributed by atoms with Crippen LogP contribution in [0.15, 0.2) is 36.4 Å². The van der Waals surface area contributed by atoms with Crippen LogP contribution in [-0.4, -0.2) is 31.9 Å². The van der Waals surface area contributed by atoms with Crippen LogP contribution >= 0.6 is 63.7 Å². The predicted octanol–water partition coefficient (Wildman–Crippen LogP) is 6.15. The van der Waals surface area contributed by atoms with Gasteiger partial charge in [0, 0.05) is 21.3 Å². The number of hydrogen-bond acceptors (Lipinski definition) is 7. The van der Waals surface area contributed by atoms with E-state index in [1.54, 1.807) is 36.4 Å². The molecule has 33 heavy (non-hydrogen) atoms. The van der Waals surface area contributed by atoms with Crippen LogP contribution in [0, 0.1) is 0 Å². The summed E-state index contributed by atoms with van der Waals surface area (Å²) in [5, 5.41) is 2.20. The van der Waals surface area contributed by atoms with Gasteiger partial charge in [0.05, 0.1) is 56.0 Å². The second kappa shape index (κ2) is 10.6. The number of ether oxygens (including phenoxy) is 1. The highest BCUT2D eigenvalue weighted by atomic mass is 79.9. The van der Waals surface area contributed by atoms with Crippen molar-refractivity contribution >= 4 is 97.7 Å². The van der Waals surface area contributed by atoms with E-state index in [0.29, 0.717) is 43.4 Å². The van der Waals surface area contributed by atoms with Crippen LogP contribution in [-0.2, 0) is 26.1 Å². The van der Waals surface area contributed by atoms with Crippen molar-refractivity contribution in [3.8, 4) is 0 Å². The van der Waals surface area contributed by atoms with E-state index in [2.05, 4.69) is 83.7 Å². The van der Waals surface area contributed by atoms with Crippen LogP contribution in [0.5, 0.6) is 0 Å². The van der Waals surface area contributed by atoms with Crippen molar-refractivity contribution in [1.29, 1.82) is 0 Å². The molecule has 11 heteroatoms. The van der Waals surface area contributed by atoms with Crippen LogP contribution < -0.4 is 0 Å². The van der Waals surface area contributed by atoms with E-state index in [9.17, 15) is 9.59 Å². The topological polar surface area (TPSA) is 94.9 Å². The average Bonchev–Trinajstić information content (AvgIpc) is 2.85. The van der Waals surface area contributed by atoms with Gasteiger partial charge in [-0.1, -0.05) is 63.7 Å². The first-order valence-corrected chi connectivity index (χ1v) is 14.1. The third-order valence-corrected chi connectivity index (χ3v) is 6.93. The van der Waals surface area contributed by atoms with Gasteiger partial charge in [0.15, 0.2) is 0 Å². The second-order valence-corrected chi connectivity index (χ2v) is 9.10. The van der Waals surface area contributed by atoms with Gasteiger partial charge in [-0.2, -0.15) is 0 Å². The van der Waals surface area contributed by atoms with E-state index in [0.717, 1.165) is 22.8 Å². The Morgan fingerprint density at radius 3 is 1.24 bits per heavy atom. The minimum absolute atomic E-state index is 0.210. The zero-order valence-corrected chi connectivity index (χ0v) is 23.2.